The van der Waals surface area contributed by atoms with E-state index in [0.29, 0.717) is 11.6 Å². The van der Waals surface area contributed by atoms with Gasteiger partial charge in [0.1, 0.15) is 16.5 Å². The molecular weight excluding hydrogens is 464 g/mol. The average Bonchev–Trinajstić information content (AvgIpc) is 2.86. The van der Waals surface area contributed by atoms with E-state index in [1.807, 2.05) is 18.2 Å². The Balaban J connectivity index is 1.34. The van der Waals surface area contributed by atoms with Crippen LogP contribution in [0.1, 0.15) is 31.7 Å². The van der Waals surface area contributed by atoms with Gasteiger partial charge < -0.3 is 19.5 Å². The number of benzene rings is 1. The third-order valence-corrected chi connectivity index (χ3v) is 7.67. The van der Waals surface area contributed by atoms with E-state index >= 15 is 0 Å². The van der Waals surface area contributed by atoms with E-state index in [9.17, 15) is 4.79 Å². The highest BCUT2D eigenvalue weighted by Crippen LogP contribution is 2.37. The molecule has 33 heavy (non-hydrogen) atoms. The number of halogens is 1. The monoisotopic (exact) mass is 494 g/mol. The van der Waals surface area contributed by atoms with Crippen LogP contribution in [0.5, 0.6) is 11.5 Å². The molecule has 2 saturated heterocycles. The zero-order valence-corrected chi connectivity index (χ0v) is 20.7. The standard InChI is InChI=1S/C23H31ClN4O4S/c1-30-18-5-6-21(20(12-18)31-2)33-27-9-7-17(8-10-27)28-23(29)22(24)19(14-26-28)25-13-16-4-3-11-32-15-16/h5-6,12,14,16-17,25H,3-4,7-11,13,15H2,1-2H3. The Morgan fingerprint density at radius 2 is 2.06 bits per heavy atom. The van der Waals surface area contributed by atoms with Gasteiger partial charge in [-0.3, -0.25) is 4.79 Å². The van der Waals surface area contributed by atoms with Crippen molar-refractivity contribution in [3.05, 3.63) is 39.8 Å². The Hall–Kier alpha value is -1.94. The molecule has 8 nitrogen and oxygen atoms in total. The van der Waals surface area contributed by atoms with Crippen molar-refractivity contribution in [1.29, 1.82) is 0 Å². The summed E-state index contributed by atoms with van der Waals surface area (Å²) in [5.41, 5.74) is 0.368. The van der Waals surface area contributed by atoms with Crippen LogP contribution in [0.4, 0.5) is 5.69 Å². The van der Waals surface area contributed by atoms with Gasteiger partial charge in [-0.1, -0.05) is 11.6 Å². The topological polar surface area (TPSA) is 77.9 Å². The summed E-state index contributed by atoms with van der Waals surface area (Å²) >= 11 is 8.08. The van der Waals surface area contributed by atoms with Crippen molar-refractivity contribution in [2.24, 2.45) is 5.92 Å². The molecule has 2 fully saturated rings. The van der Waals surface area contributed by atoms with E-state index in [4.69, 9.17) is 25.8 Å². The van der Waals surface area contributed by atoms with E-state index in [1.54, 1.807) is 37.0 Å². The predicted octanol–water partition coefficient (Wildman–Crippen LogP) is 4.10. The summed E-state index contributed by atoms with van der Waals surface area (Å²) in [6.07, 6.45) is 5.51. The number of nitrogens with zero attached hydrogens (tertiary/aromatic N) is 3. The fourth-order valence-electron chi connectivity index (χ4n) is 4.22. The lowest BCUT2D eigenvalue weighted by Gasteiger charge is -2.31. The number of methoxy groups -OCH3 is 2. The van der Waals surface area contributed by atoms with E-state index < -0.39 is 0 Å². The molecule has 0 saturated carbocycles. The molecule has 10 heteroatoms. The van der Waals surface area contributed by atoms with E-state index in [-0.39, 0.29) is 16.6 Å². The first kappa shape index (κ1) is 24.2. The second-order valence-electron chi connectivity index (χ2n) is 8.35. The van der Waals surface area contributed by atoms with Crippen LogP contribution < -0.4 is 20.3 Å². The van der Waals surface area contributed by atoms with Crippen LogP contribution in [-0.2, 0) is 4.74 Å². The smallest absolute Gasteiger partial charge is 0.287 e. The first-order valence-electron chi connectivity index (χ1n) is 11.3. The summed E-state index contributed by atoms with van der Waals surface area (Å²) in [7, 11) is 3.30. The van der Waals surface area contributed by atoms with Gasteiger partial charge in [0.05, 0.1) is 43.6 Å². The SMILES string of the molecule is COc1ccc(SN2CCC(n3ncc(NCC4CCCOC4)c(Cl)c3=O)CC2)c(OC)c1. The van der Waals surface area contributed by atoms with Gasteiger partial charge in [-0.05, 0) is 55.7 Å². The lowest BCUT2D eigenvalue weighted by atomic mass is 10.0. The van der Waals surface area contributed by atoms with Gasteiger partial charge in [0.2, 0.25) is 0 Å². The van der Waals surface area contributed by atoms with Gasteiger partial charge in [-0.25, -0.2) is 8.99 Å². The van der Waals surface area contributed by atoms with Gasteiger partial charge in [0, 0.05) is 32.3 Å². The number of ether oxygens (including phenoxy) is 3. The van der Waals surface area contributed by atoms with E-state index in [0.717, 1.165) is 74.9 Å². The molecule has 4 rings (SSSR count). The zero-order chi connectivity index (χ0) is 23.2. The van der Waals surface area contributed by atoms with E-state index in [2.05, 4.69) is 14.7 Å². The van der Waals surface area contributed by atoms with Crippen LogP contribution in [0.25, 0.3) is 0 Å². The Morgan fingerprint density at radius 1 is 1.24 bits per heavy atom. The minimum atomic E-state index is -0.232. The highest BCUT2D eigenvalue weighted by atomic mass is 35.5. The van der Waals surface area contributed by atoms with Gasteiger partial charge in [0.25, 0.3) is 5.56 Å². The van der Waals surface area contributed by atoms with Crippen molar-refractivity contribution < 1.29 is 14.2 Å². The number of anilines is 1. The van der Waals surface area contributed by atoms with Crippen LogP contribution in [0.3, 0.4) is 0 Å². The Morgan fingerprint density at radius 3 is 2.76 bits per heavy atom. The van der Waals surface area contributed by atoms with Gasteiger partial charge in [0.15, 0.2) is 0 Å². The summed E-state index contributed by atoms with van der Waals surface area (Å²) in [5.74, 6) is 1.99. The number of aromatic nitrogens is 2. The summed E-state index contributed by atoms with van der Waals surface area (Å²) in [6, 6.07) is 5.86. The average molecular weight is 495 g/mol. The number of hydrogen-bond donors (Lipinski definition) is 1. The third-order valence-electron chi connectivity index (χ3n) is 6.15. The Labute approximate surface area is 203 Å². The molecule has 0 aliphatic carbocycles. The summed E-state index contributed by atoms with van der Waals surface area (Å²) in [4.78, 5) is 13.9. The van der Waals surface area contributed by atoms with Crippen molar-refractivity contribution in [3.8, 4) is 11.5 Å². The maximum Gasteiger partial charge on any atom is 0.287 e. The quantitative estimate of drug-likeness (QED) is 0.550. The summed E-state index contributed by atoms with van der Waals surface area (Å²) in [5, 5.41) is 7.95. The molecule has 1 aromatic carbocycles. The highest BCUT2D eigenvalue weighted by Gasteiger charge is 2.25. The number of hydrogen-bond acceptors (Lipinski definition) is 8. The van der Waals surface area contributed by atoms with Crippen LogP contribution in [0, 0.1) is 5.92 Å². The molecule has 1 unspecified atom stereocenters. The third kappa shape index (κ3) is 5.95. The molecule has 2 aliphatic heterocycles. The Bertz CT molecular complexity index is 991. The molecule has 1 atom stereocenters. The maximum atomic E-state index is 12.9. The largest absolute Gasteiger partial charge is 0.497 e. The van der Waals surface area contributed by atoms with Gasteiger partial charge in [-0.15, -0.1) is 0 Å². The predicted molar refractivity (Wildman–Crippen MR) is 131 cm³/mol. The second-order valence-corrected chi connectivity index (χ2v) is 9.87. The van der Waals surface area contributed by atoms with Crippen LogP contribution >= 0.6 is 23.5 Å². The molecule has 2 aliphatic rings. The van der Waals surface area contributed by atoms with Crippen molar-refractivity contribution >= 4 is 29.2 Å². The molecular formula is C23H31ClN4O4S. The number of rotatable bonds is 8. The summed E-state index contributed by atoms with van der Waals surface area (Å²) in [6.45, 7) is 3.97. The maximum absolute atomic E-state index is 12.9. The normalized spacial score (nSPS) is 19.9. The van der Waals surface area contributed by atoms with Crippen molar-refractivity contribution in [2.45, 2.75) is 36.6 Å². The molecule has 0 spiro atoms. The van der Waals surface area contributed by atoms with Gasteiger partial charge >= 0.3 is 0 Å². The zero-order valence-electron chi connectivity index (χ0n) is 19.1. The van der Waals surface area contributed by atoms with Crippen molar-refractivity contribution in [1.82, 2.24) is 14.1 Å². The van der Waals surface area contributed by atoms with Crippen LogP contribution in [0.2, 0.25) is 5.02 Å². The minimum absolute atomic E-state index is 0.0328. The van der Waals surface area contributed by atoms with E-state index in [1.165, 1.54) is 0 Å². The fourth-order valence-corrected chi connectivity index (χ4v) is 5.45. The highest BCUT2D eigenvalue weighted by molar-refractivity contribution is 7.97. The Kier molecular flexibility index (Phi) is 8.40. The van der Waals surface area contributed by atoms with Crippen LogP contribution in [0.15, 0.2) is 34.1 Å². The van der Waals surface area contributed by atoms with Crippen LogP contribution in [-0.4, -0.2) is 61.2 Å². The lowest BCUT2D eigenvalue weighted by Crippen LogP contribution is -2.36. The minimum Gasteiger partial charge on any atom is -0.497 e. The molecule has 1 N–H and O–H groups in total. The van der Waals surface area contributed by atoms with Gasteiger partial charge in [-0.2, -0.15) is 5.10 Å². The molecule has 1 aromatic heterocycles. The first-order chi connectivity index (χ1) is 16.1. The molecule has 0 bridgehead atoms. The van der Waals surface area contributed by atoms with Crippen molar-refractivity contribution in [3.63, 3.8) is 0 Å². The molecule has 0 radical (unpaired) electrons. The first-order valence-corrected chi connectivity index (χ1v) is 12.5. The lowest BCUT2D eigenvalue weighted by molar-refractivity contribution is 0.0595. The van der Waals surface area contributed by atoms with Crippen molar-refractivity contribution in [2.75, 3.05) is 52.4 Å². The fraction of sp³-hybridized carbons (Fsp3) is 0.565. The molecule has 180 valence electrons. The molecule has 0 amide bonds. The second kappa shape index (κ2) is 11.5. The summed E-state index contributed by atoms with van der Waals surface area (Å²) < 4.78 is 20.1. The molecule has 3 heterocycles. The molecule has 2 aromatic rings. The number of piperidine rings is 1. The number of nitrogens with one attached hydrogen (secondary N) is 1.